The van der Waals surface area contributed by atoms with Gasteiger partial charge in [0.25, 0.3) is 5.69 Å². The Morgan fingerprint density at radius 1 is 1.07 bits per heavy atom. The molecule has 2 aromatic carbocycles. The van der Waals surface area contributed by atoms with Crippen molar-refractivity contribution in [2.75, 3.05) is 26.6 Å². The molecule has 0 bridgehead atoms. The molecule has 0 radical (unpaired) electrons. The molecule has 0 saturated heterocycles. The lowest BCUT2D eigenvalue weighted by atomic mass is 9.77. The Hall–Kier alpha value is -3.22. The van der Waals surface area contributed by atoms with Crippen molar-refractivity contribution in [1.82, 2.24) is 0 Å². The maximum atomic E-state index is 11.2. The van der Waals surface area contributed by atoms with E-state index in [1.54, 1.807) is 33.5 Å². The summed E-state index contributed by atoms with van der Waals surface area (Å²) in [7, 11) is 4.78. The smallest absolute Gasteiger partial charge is 0.269 e. The van der Waals surface area contributed by atoms with Gasteiger partial charge in [0, 0.05) is 23.7 Å². The van der Waals surface area contributed by atoms with Crippen molar-refractivity contribution in [3.8, 4) is 17.2 Å². The van der Waals surface area contributed by atoms with Gasteiger partial charge in [-0.2, -0.15) is 0 Å². The third-order valence-electron chi connectivity index (χ3n) is 5.60. The number of rotatable bonds is 5. The van der Waals surface area contributed by atoms with E-state index in [0.29, 0.717) is 17.2 Å². The molecule has 0 saturated carbocycles. The van der Waals surface area contributed by atoms with Gasteiger partial charge >= 0.3 is 0 Å². The van der Waals surface area contributed by atoms with Crippen LogP contribution in [-0.2, 0) is 0 Å². The fourth-order valence-electron chi connectivity index (χ4n) is 4.31. The average molecular weight is 382 g/mol. The van der Waals surface area contributed by atoms with Crippen LogP contribution in [0, 0.1) is 16.0 Å². The summed E-state index contributed by atoms with van der Waals surface area (Å²) in [6.07, 6.45) is 5.19. The van der Waals surface area contributed by atoms with Gasteiger partial charge in [0.2, 0.25) is 5.75 Å². The minimum absolute atomic E-state index is 0.0164. The van der Waals surface area contributed by atoms with Crippen molar-refractivity contribution in [2.45, 2.75) is 18.4 Å². The highest BCUT2D eigenvalue weighted by Crippen LogP contribution is 2.52. The molecule has 0 fully saturated rings. The van der Waals surface area contributed by atoms with Crippen molar-refractivity contribution < 1.29 is 19.1 Å². The van der Waals surface area contributed by atoms with E-state index in [1.807, 2.05) is 12.1 Å². The topological polar surface area (TPSA) is 82.9 Å². The third-order valence-corrected chi connectivity index (χ3v) is 5.60. The van der Waals surface area contributed by atoms with Gasteiger partial charge in [-0.05, 0) is 41.7 Å². The first-order valence-electron chi connectivity index (χ1n) is 9.08. The van der Waals surface area contributed by atoms with E-state index < -0.39 is 0 Å². The van der Waals surface area contributed by atoms with Gasteiger partial charge in [-0.15, -0.1) is 0 Å². The molecule has 1 aliphatic heterocycles. The summed E-state index contributed by atoms with van der Waals surface area (Å²) < 4.78 is 16.5. The Labute approximate surface area is 163 Å². The number of benzene rings is 2. The second-order valence-corrected chi connectivity index (χ2v) is 6.96. The van der Waals surface area contributed by atoms with E-state index in [9.17, 15) is 10.1 Å². The molecule has 0 spiro atoms. The fourth-order valence-corrected chi connectivity index (χ4v) is 4.31. The third kappa shape index (κ3) is 2.83. The number of fused-ring (bicyclic) bond motifs is 3. The molecule has 1 aliphatic carbocycles. The summed E-state index contributed by atoms with van der Waals surface area (Å²) in [5.41, 5.74) is 3.02. The maximum absolute atomic E-state index is 11.2. The first-order chi connectivity index (χ1) is 13.6. The maximum Gasteiger partial charge on any atom is 0.269 e. The van der Waals surface area contributed by atoms with Crippen LogP contribution in [0.15, 0.2) is 42.5 Å². The molecule has 3 atom stereocenters. The Balaban J connectivity index is 1.79. The van der Waals surface area contributed by atoms with E-state index >= 15 is 0 Å². The summed E-state index contributed by atoms with van der Waals surface area (Å²) in [5, 5.41) is 14.8. The monoisotopic (exact) mass is 382 g/mol. The molecule has 1 heterocycles. The van der Waals surface area contributed by atoms with Crippen LogP contribution in [0.5, 0.6) is 17.2 Å². The zero-order chi connectivity index (χ0) is 19.8. The van der Waals surface area contributed by atoms with E-state index in [2.05, 4.69) is 17.5 Å². The Bertz CT molecular complexity index is 931. The van der Waals surface area contributed by atoms with Gasteiger partial charge in [-0.25, -0.2) is 0 Å². The molecule has 7 heteroatoms. The molecule has 2 aliphatic rings. The number of nitrogens with one attached hydrogen (secondary N) is 1. The van der Waals surface area contributed by atoms with E-state index in [4.69, 9.17) is 14.2 Å². The van der Waals surface area contributed by atoms with Gasteiger partial charge < -0.3 is 19.5 Å². The first-order valence-corrected chi connectivity index (χ1v) is 9.08. The largest absolute Gasteiger partial charge is 0.493 e. The number of ether oxygens (including phenoxy) is 3. The van der Waals surface area contributed by atoms with Gasteiger partial charge in [-0.3, -0.25) is 10.1 Å². The second kappa shape index (κ2) is 7.07. The minimum Gasteiger partial charge on any atom is -0.493 e. The molecule has 7 nitrogen and oxygen atoms in total. The van der Waals surface area contributed by atoms with Gasteiger partial charge in [0.1, 0.15) is 0 Å². The zero-order valence-electron chi connectivity index (χ0n) is 16.0. The van der Waals surface area contributed by atoms with Crippen LogP contribution in [0.3, 0.4) is 0 Å². The number of nitro benzene ring substituents is 1. The van der Waals surface area contributed by atoms with Crippen molar-refractivity contribution >= 4 is 11.4 Å². The summed E-state index contributed by atoms with van der Waals surface area (Å²) >= 11 is 0. The van der Waals surface area contributed by atoms with Crippen LogP contribution in [0.1, 0.15) is 29.5 Å². The summed E-state index contributed by atoms with van der Waals surface area (Å²) in [5.74, 6) is 2.14. The molecule has 146 valence electrons. The highest BCUT2D eigenvalue weighted by atomic mass is 16.6. The molecule has 1 N–H and O–H groups in total. The highest BCUT2D eigenvalue weighted by molar-refractivity contribution is 5.64. The minimum atomic E-state index is -0.348. The predicted octanol–water partition coefficient (Wildman–Crippen LogP) is 4.45. The summed E-state index contributed by atoms with van der Waals surface area (Å²) in [4.78, 5) is 10.8. The van der Waals surface area contributed by atoms with Crippen molar-refractivity contribution in [1.29, 1.82) is 0 Å². The standard InChI is InChI=1S/C21H22N2O5/c1-26-18-9-12(10-19(27-2)21(18)28-3)20-15-6-4-5-14(15)16-11-13(23(24)25)7-8-17(16)22-20/h4-5,7-11,14-15,20,22H,6H2,1-3H3/t14-,15+,20+/m0/s1. The van der Waals surface area contributed by atoms with Crippen LogP contribution in [0.4, 0.5) is 11.4 Å². The summed E-state index contributed by atoms with van der Waals surface area (Å²) in [6, 6.07) is 8.96. The van der Waals surface area contributed by atoms with E-state index in [0.717, 1.165) is 23.2 Å². The van der Waals surface area contributed by atoms with Crippen LogP contribution in [-0.4, -0.2) is 26.3 Å². The molecule has 0 amide bonds. The Morgan fingerprint density at radius 3 is 2.39 bits per heavy atom. The first kappa shape index (κ1) is 18.2. The molecule has 0 aromatic heterocycles. The lowest BCUT2D eigenvalue weighted by Crippen LogP contribution is -2.29. The van der Waals surface area contributed by atoms with Crippen molar-refractivity contribution in [2.24, 2.45) is 5.92 Å². The number of hydrogen-bond acceptors (Lipinski definition) is 6. The number of anilines is 1. The molecule has 0 unspecified atom stereocenters. The van der Waals surface area contributed by atoms with Crippen LogP contribution >= 0.6 is 0 Å². The number of allylic oxidation sites excluding steroid dienone is 2. The normalized spacial score (nSPS) is 22.0. The fraction of sp³-hybridized carbons (Fsp3) is 0.333. The van der Waals surface area contributed by atoms with Crippen LogP contribution < -0.4 is 19.5 Å². The average Bonchev–Trinajstić information content (AvgIpc) is 3.21. The Kier molecular flexibility index (Phi) is 4.58. The molecular weight excluding hydrogens is 360 g/mol. The summed E-state index contributed by atoms with van der Waals surface area (Å²) in [6.45, 7) is 0. The van der Waals surface area contributed by atoms with Crippen molar-refractivity contribution in [3.05, 3.63) is 63.7 Å². The molecule has 2 aromatic rings. The number of non-ortho nitro benzene ring substituents is 1. The molecule has 4 rings (SSSR count). The van der Waals surface area contributed by atoms with Crippen molar-refractivity contribution in [3.63, 3.8) is 0 Å². The quantitative estimate of drug-likeness (QED) is 0.467. The predicted molar refractivity (Wildman–Crippen MR) is 106 cm³/mol. The lowest BCUT2D eigenvalue weighted by molar-refractivity contribution is -0.384. The van der Waals surface area contributed by atoms with E-state index in [1.165, 1.54) is 6.07 Å². The number of hydrogen-bond donors (Lipinski definition) is 1. The highest BCUT2D eigenvalue weighted by Gasteiger charge is 2.39. The number of nitro groups is 1. The van der Waals surface area contributed by atoms with Gasteiger partial charge in [-0.1, -0.05) is 12.2 Å². The SMILES string of the molecule is COc1cc([C@H]2Nc3ccc([N+](=O)[O-])cc3[C@H]3C=CC[C@H]32)cc(OC)c1OC. The van der Waals surface area contributed by atoms with Gasteiger partial charge in [0.05, 0.1) is 32.3 Å². The number of nitrogens with zero attached hydrogens (tertiary/aromatic N) is 1. The van der Waals surface area contributed by atoms with Gasteiger partial charge in [0.15, 0.2) is 11.5 Å². The zero-order valence-corrected chi connectivity index (χ0v) is 16.0. The number of methoxy groups -OCH3 is 3. The van der Waals surface area contributed by atoms with Crippen LogP contribution in [0.25, 0.3) is 0 Å². The lowest BCUT2D eigenvalue weighted by Gasteiger charge is -2.37. The molecular formula is C21H22N2O5. The molecule has 28 heavy (non-hydrogen) atoms. The van der Waals surface area contributed by atoms with E-state index in [-0.39, 0.29) is 28.5 Å². The second-order valence-electron chi connectivity index (χ2n) is 6.96. The van der Waals surface area contributed by atoms with Crippen LogP contribution in [0.2, 0.25) is 0 Å². The Morgan fingerprint density at radius 2 is 1.79 bits per heavy atom.